The van der Waals surface area contributed by atoms with E-state index in [9.17, 15) is 4.79 Å². The minimum Gasteiger partial charge on any atom is -0.348 e. The summed E-state index contributed by atoms with van der Waals surface area (Å²) in [4.78, 5) is 25.5. The summed E-state index contributed by atoms with van der Waals surface area (Å²) in [5.41, 5.74) is 3.45. The van der Waals surface area contributed by atoms with E-state index >= 15 is 0 Å². The predicted octanol–water partition coefficient (Wildman–Crippen LogP) is 2.16. The fourth-order valence-electron chi connectivity index (χ4n) is 5.04. The highest BCUT2D eigenvalue weighted by atomic mass is 16.2. The number of nitrogens with zero attached hydrogens (tertiary/aromatic N) is 5. The Hall–Kier alpha value is -2.67. The number of hydrogen-bond acceptors (Lipinski definition) is 4. The van der Waals surface area contributed by atoms with Crippen molar-refractivity contribution in [2.24, 2.45) is 0 Å². The lowest BCUT2D eigenvalue weighted by Gasteiger charge is -2.50. The molecule has 146 valence electrons. The molecule has 7 nitrogen and oxygen atoms in total. The van der Waals surface area contributed by atoms with Crippen LogP contribution in [-0.4, -0.2) is 61.6 Å². The number of benzene rings is 1. The monoisotopic (exact) mass is 378 g/mol. The zero-order chi connectivity index (χ0) is 19.1. The first kappa shape index (κ1) is 17.4. The van der Waals surface area contributed by atoms with Crippen LogP contribution in [-0.2, 0) is 23.3 Å². The van der Waals surface area contributed by atoms with Crippen LogP contribution in [0.25, 0.3) is 10.9 Å². The van der Waals surface area contributed by atoms with Gasteiger partial charge in [-0.2, -0.15) is 5.10 Å². The van der Waals surface area contributed by atoms with Crippen LogP contribution in [0.4, 0.5) is 0 Å². The quantitative estimate of drug-likeness (QED) is 0.758. The molecule has 1 spiro atoms. The van der Waals surface area contributed by atoms with E-state index in [4.69, 9.17) is 0 Å². The number of H-pyrrole nitrogens is 1. The minimum absolute atomic E-state index is 0.0302. The van der Waals surface area contributed by atoms with Crippen molar-refractivity contribution < 1.29 is 4.79 Å². The second kappa shape index (κ2) is 6.74. The van der Waals surface area contributed by atoms with Crippen LogP contribution in [0.5, 0.6) is 0 Å². The van der Waals surface area contributed by atoms with Gasteiger partial charge in [0.25, 0.3) is 0 Å². The topological polar surface area (TPSA) is 70.1 Å². The van der Waals surface area contributed by atoms with Gasteiger partial charge in [-0.3, -0.25) is 14.4 Å². The first-order valence-corrected chi connectivity index (χ1v) is 10.2. The van der Waals surface area contributed by atoms with Gasteiger partial charge in [-0.15, -0.1) is 0 Å². The van der Waals surface area contributed by atoms with E-state index in [0.717, 1.165) is 56.3 Å². The molecular weight excluding hydrogens is 352 g/mol. The number of likely N-dealkylation sites (N-methyl/N-ethyl adjacent to an activating group) is 1. The molecule has 7 heteroatoms. The molecule has 3 aromatic rings. The highest BCUT2D eigenvalue weighted by molar-refractivity contribution is 5.82. The smallest absolute Gasteiger partial charge is 0.244 e. The van der Waals surface area contributed by atoms with E-state index in [-0.39, 0.29) is 11.4 Å². The Morgan fingerprint density at radius 1 is 1.21 bits per heavy atom. The predicted molar refractivity (Wildman–Crippen MR) is 107 cm³/mol. The third-order valence-corrected chi connectivity index (χ3v) is 6.56. The number of likely N-dealkylation sites (tertiary alicyclic amines) is 1. The Balaban J connectivity index is 1.32. The maximum Gasteiger partial charge on any atom is 0.244 e. The van der Waals surface area contributed by atoms with Gasteiger partial charge in [0.2, 0.25) is 5.91 Å². The molecule has 1 N–H and O–H groups in total. The lowest BCUT2D eigenvalue weighted by Crippen LogP contribution is -2.57. The largest absolute Gasteiger partial charge is 0.348 e. The standard InChI is InChI=1S/C21H26N6O/c1-2-26-10-7-17-20(23-15-22-17)21(26)8-11-25(12-9-21)19(28)14-27-18-6-4-3-5-16(18)13-24-27/h3-6,13,15H,2,7-12,14H2,1H3,(H,22,23). The van der Waals surface area contributed by atoms with E-state index in [0.29, 0.717) is 6.54 Å². The second-order valence-electron chi connectivity index (χ2n) is 7.83. The maximum absolute atomic E-state index is 13.0. The first-order valence-electron chi connectivity index (χ1n) is 10.2. The number of fused-ring (bicyclic) bond motifs is 3. The van der Waals surface area contributed by atoms with Gasteiger partial charge in [0.15, 0.2) is 0 Å². The second-order valence-corrected chi connectivity index (χ2v) is 7.83. The van der Waals surface area contributed by atoms with E-state index in [2.05, 4.69) is 26.9 Å². The van der Waals surface area contributed by atoms with E-state index < -0.39 is 0 Å². The molecule has 2 aliphatic rings. The lowest BCUT2D eigenvalue weighted by molar-refractivity contribution is -0.135. The zero-order valence-electron chi connectivity index (χ0n) is 16.3. The summed E-state index contributed by atoms with van der Waals surface area (Å²) >= 11 is 0. The number of imidazole rings is 1. The van der Waals surface area contributed by atoms with Gasteiger partial charge >= 0.3 is 0 Å². The third-order valence-electron chi connectivity index (χ3n) is 6.56. The number of rotatable bonds is 3. The minimum atomic E-state index is -0.0302. The Labute approximate surface area is 164 Å². The molecule has 0 atom stereocenters. The van der Waals surface area contributed by atoms with Crippen molar-refractivity contribution in [3.05, 3.63) is 48.2 Å². The molecule has 5 rings (SSSR count). The van der Waals surface area contributed by atoms with Gasteiger partial charge in [-0.1, -0.05) is 25.1 Å². The number of para-hydroxylation sites is 1. The van der Waals surface area contributed by atoms with E-state index in [1.165, 1.54) is 11.4 Å². The summed E-state index contributed by atoms with van der Waals surface area (Å²) in [6.45, 7) is 6.12. The first-order chi connectivity index (χ1) is 13.7. The summed E-state index contributed by atoms with van der Waals surface area (Å²) in [5, 5.41) is 5.48. The van der Waals surface area contributed by atoms with Gasteiger partial charge in [0.1, 0.15) is 6.54 Å². The lowest BCUT2D eigenvalue weighted by atomic mass is 9.78. The third kappa shape index (κ3) is 2.64. The van der Waals surface area contributed by atoms with Crippen LogP contribution >= 0.6 is 0 Å². The average Bonchev–Trinajstić information content (AvgIpc) is 3.37. The van der Waals surface area contributed by atoms with E-state index in [1.807, 2.05) is 46.4 Å². The van der Waals surface area contributed by atoms with Crippen LogP contribution in [0.15, 0.2) is 36.8 Å². The van der Waals surface area contributed by atoms with Gasteiger partial charge in [-0.25, -0.2) is 4.98 Å². The molecule has 2 aliphatic heterocycles. The Kier molecular flexibility index (Phi) is 4.19. The maximum atomic E-state index is 13.0. The highest BCUT2D eigenvalue weighted by Crippen LogP contribution is 2.42. The number of amides is 1. The van der Waals surface area contributed by atoms with Crippen molar-refractivity contribution in [3.8, 4) is 0 Å². The molecule has 0 bridgehead atoms. The molecule has 2 aromatic heterocycles. The van der Waals surface area contributed by atoms with Crippen LogP contribution in [0, 0.1) is 0 Å². The average molecular weight is 378 g/mol. The summed E-state index contributed by atoms with van der Waals surface area (Å²) in [6, 6.07) is 8.02. The molecular formula is C21H26N6O. The van der Waals surface area contributed by atoms with Gasteiger partial charge in [0, 0.05) is 37.1 Å². The van der Waals surface area contributed by atoms with Crippen LogP contribution in [0.3, 0.4) is 0 Å². The number of aromatic amines is 1. The van der Waals surface area contributed by atoms with E-state index in [1.54, 1.807) is 0 Å². The molecule has 0 unspecified atom stereocenters. The summed E-state index contributed by atoms with van der Waals surface area (Å²) in [7, 11) is 0. The van der Waals surface area contributed by atoms with Gasteiger partial charge in [0.05, 0.1) is 29.3 Å². The molecule has 28 heavy (non-hydrogen) atoms. The number of nitrogens with one attached hydrogen (secondary N) is 1. The zero-order valence-corrected chi connectivity index (χ0v) is 16.3. The Morgan fingerprint density at radius 3 is 2.86 bits per heavy atom. The highest BCUT2D eigenvalue weighted by Gasteiger charge is 2.46. The Morgan fingerprint density at radius 2 is 2.04 bits per heavy atom. The van der Waals surface area contributed by atoms with Crippen LogP contribution in [0.1, 0.15) is 31.2 Å². The Bertz CT molecular complexity index is 997. The number of carbonyl (C=O) groups is 1. The van der Waals surface area contributed by atoms with Crippen molar-refractivity contribution in [3.63, 3.8) is 0 Å². The van der Waals surface area contributed by atoms with Crippen molar-refractivity contribution in [1.29, 1.82) is 0 Å². The normalized spacial score (nSPS) is 19.2. The molecule has 0 saturated carbocycles. The van der Waals surface area contributed by atoms with Gasteiger partial charge < -0.3 is 9.88 Å². The fourth-order valence-corrected chi connectivity index (χ4v) is 5.04. The number of hydrogen-bond donors (Lipinski definition) is 1. The van der Waals surface area contributed by atoms with Crippen molar-refractivity contribution >= 4 is 16.8 Å². The molecule has 4 heterocycles. The summed E-state index contributed by atoms with van der Waals surface area (Å²) < 4.78 is 1.81. The van der Waals surface area contributed by atoms with Gasteiger partial charge in [-0.05, 0) is 25.5 Å². The number of piperidine rings is 1. The summed E-state index contributed by atoms with van der Waals surface area (Å²) in [6.07, 6.45) is 6.55. The number of carbonyl (C=O) groups excluding carboxylic acids is 1. The molecule has 1 saturated heterocycles. The number of aromatic nitrogens is 4. The summed E-state index contributed by atoms with van der Waals surface area (Å²) in [5.74, 6) is 0.143. The molecule has 1 aromatic carbocycles. The molecule has 1 amide bonds. The van der Waals surface area contributed by atoms with Crippen LogP contribution < -0.4 is 0 Å². The van der Waals surface area contributed by atoms with Crippen LogP contribution in [0.2, 0.25) is 0 Å². The molecule has 0 aliphatic carbocycles. The van der Waals surface area contributed by atoms with Crippen molar-refractivity contribution in [2.75, 3.05) is 26.2 Å². The molecule has 0 radical (unpaired) electrons. The van der Waals surface area contributed by atoms with Crippen molar-refractivity contribution in [1.82, 2.24) is 29.5 Å². The fraction of sp³-hybridized carbons (Fsp3) is 0.476. The SMILES string of the molecule is CCN1CCc2[nH]cnc2C12CCN(C(=O)Cn1ncc3ccccc31)CC2. The van der Waals surface area contributed by atoms with Crippen molar-refractivity contribution in [2.45, 2.75) is 38.3 Å². The molecule has 1 fully saturated rings.